The molecule has 1 aromatic heterocycles. The van der Waals surface area contributed by atoms with Crippen molar-refractivity contribution in [2.24, 2.45) is 12.1 Å². The van der Waals surface area contributed by atoms with Crippen molar-refractivity contribution < 1.29 is 4.79 Å². The summed E-state index contributed by atoms with van der Waals surface area (Å²) in [6, 6.07) is 14.2. The molecule has 122 valence electrons. The van der Waals surface area contributed by atoms with Gasteiger partial charge < -0.3 is 4.57 Å². The van der Waals surface area contributed by atoms with Crippen molar-refractivity contribution in [2.45, 2.75) is 20.3 Å². The summed E-state index contributed by atoms with van der Waals surface area (Å²) in [4.78, 5) is 12.0. The lowest BCUT2D eigenvalue weighted by molar-refractivity contribution is -0.120. The van der Waals surface area contributed by atoms with E-state index in [2.05, 4.69) is 30.4 Å². The zero-order valence-electron chi connectivity index (χ0n) is 14.2. The second-order valence-electron chi connectivity index (χ2n) is 6.10. The lowest BCUT2D eigenvalue weighted by Gasteiger charge is -2.04. The molecule has 0 unspecified atom stereocenters. The Balaban J connectivity index is 1.67. The van der Waals surface area contributed by atoms with Crippen molar-refractivity contribution >= 4 is 23.0 Å². The highest BCUT2D eigenvalue weighted by atomic mass is 16.2. The molecule has 0 bridgehead atoms. The zero-order valence-corrected chi connectivity index (χ0v) is 14.2. The fourth-order valence-electron chi connectivity index (χ4n) is 2.79. The first-order chi connectivity index (χ1) is 11.5. The molecule has 24 heavy (non-hydrogen) atoms. The summed E-state index contributed by atoms with van der Waals surface area (Å²) in [7, 11) is 2.00. The maximum atomic E-state index is 12.0. The van der Waals surface area contributed by atoms with E-state index in [9.17, 15) is 4.79 Å². The van der Waals surface area contributed by atoms with Gasteiger partial charge in [0.15, 0.2) is 0 Å². The number of carbonyl (C=O) groups excluding carboxylic acids is 1. The summed E-state index contributed by atoms with van der Waals surface area (Å²) >= 11 is 0. The molecule has 1 amide bonds. The summed E-state index contributed by atoms with van der Waals surface area (Å²) in [6.45, 7) is 4.11. The third kappa shape index (κ3) is 3.38. The normalized spacial score (nSPS) is 11.3. The maximum absolute atomic E-state index is 12.0. The fourth-order valence-corrected chi connectivity index (χ4v) is 2.79. The van der Waals surface area contributed by atoms with Crippen LogP contribution in [0.3, 0.4) is 0 Å². The predicted molar refractivity (Wildman–Crippen MR) is 98.3 cm³/mol. The number of nitrogens with zero attached hydrogens (tertiary/aromatic N) is 2. The van der Waals surface area contributed by atoms with Gasteiger partial charge in [-0.3, -0.25) is 4.79 Å². The van der Waals surface area contributed by atoms with Crippen LogP contribution in [0.15, 0.2) is 53.8 Å². The van der Waals surface area contributed by atoms with Crippen LogP contribution < -0.4 is 5.43 Å². The first-order valence-electron chi connectivity index (χ1n) is 7.96. The summed E-state index contributed by atoms with van der Waals surface area (Å²) < 4.78 is 2.05. The van der Waals surface area contributed by atoms with Gasteiger partial charge >= 0.3 is 0 Å². The van der Waals surface area contributed by atoms with Crippen molar-refractivity contribution in [1.29, 1.82) is 0 Å². The molecule has 0 radical (unpaired) electrons. The van der Waals surface area contributed by atoms with Gasteiger partial charge in [0.25, 0.3) is 0 Å². The minimum absolute atomic E-state index is 0.116. The van der Waals surface area contributed by atoms with Gasteiger partial charge in [-0.25, -0.2) is 5.43 Å². The van der Waals surface area contributed by atoms with E-state index >= 15 is 0 Å². The second-order valence-corrected chi connectivity index (χ2v) is 6.10. The van der Waals surface area contributed by atoms with Crippen LogP contribution >= 0.6 is 0 Å². The average molecular weight is 319 g/mol. The Labute approximate surface area is 141 Å². The van der Waals surface area contributed by atoms with Crippen molar-refractivity contribution in [2.75, 3.05) is 0 Å². The van der Waals surface area contributed by atoms with Crippen LogP contribution in [-0.4, -0.2) is 16.7 Å². The number of aromatic nitrogens is 1. The van der Waals surface area contributed by atoms with E-state index < -0.39 is 0 Å². The molecule has 0 aliphatic heterocycles. The summed E-state index contributed by atoms with van der Waals surface area (Å²) in [6.07, 6.45) is 4.03. The molecule has 0 aliphatic rings. The average Bonchev–Trinajstić information content (AvgIpc) is 2.88. The third-order valence-corrected chi connectivity index (χ3v) is 4.26. The number of carbonyl (C=O) groups is 1. The Morgan fingerprint density at radius 2 is 1.96 bits per heavy atom. The number of hydrazone groups is 1. The third-order valence-electron chi connectivity index (χ3n) is 4.26. The van der Waals surface area contributed by atoms with Crippen molar-refractivity contribution in [3.8, 4) is 0 Å². The molecule has 1 heterocycles. The van der Waals surface area contributed by atoms with Gasteiger partial charge in [-0.15, -0.1) is 0 Å². The number of hydrogen-bond acceptors (Lipinski definition) is 2. The lowest BCUT2D eigenvalue weighted by atomic mass is 10.0. The molecule has 0 saturated heterocycles. The molecule has 0 atom stereocenters. The number of benzene rings is 2. The molecule has 1 N–H and O–H groups in total. The Morgan fingerprint density at radius 1 is 1.17 bits per heavy atom. The van der Waals surface area contributed by atoms with E-state index in [4.69, 9.17) is 0 Å². The van der Waals surface area contributed by atoms with E-state index in [1.165, 1.54) is 11.1 Å². The van der Waals surface area contributed by atoms with Crippen LogP contribution in [0, 0.1) is 13.8 Å². The first kappa shape index (κ1) is 16.0. The number of para-hydroxylation sites is 1. The van der Waals surface area contributed by atoms with Crippen LogP contribution in [0.2, 0.25) is 0 Å². The van der Waals surface area contributed by atoms with Crippen LogP contribution in [0.25, 0.3) is 10.9 Å². The Bertz CT molecular complexity index is 922. The minimum atomic E-state index is -0.116. The molecular formula is C20H21N3O. The van der Waals surface area contributed by atoms with E-state index in [-0.39, 0.29) is 5.91 Å². The number of fused-ring (bicyclic) bond motifs is 1. The molecule has 0 fully saturated rings. The van der Waals surface area contributed by atoms with Gasteiger partial charge in [0.1, 0.15) is 0 Å². The molecule has 0 spiro atoms. The number of hydrogen-bond donors (Lipinski definition) is 1. The maximum Gasteiger partial charge on any atom is 0.244 e. The van der Waals surface area contributed by atoms with Gasteiger partial charge in [0, 0.05) is 29.7 Å². The molecule has 4 nitrogen and oxygen atoms in total. The summed E-state index contributed by atoms with van der Waals surface area (Å²) in [5, 5.41) is 5.22. The Hall–Kier alpha value is -2.88. The number of rotatable bonds is 4. The van der Waals surface area contributed by atoms with Gasteiger partial charge in [0.05, 0.1) is 12.6 Å². The van der Waals surface area contributed by atoms with Crippen LogP contribution in [0.5, 0.6) is 0 Å². The van der Waals surface area contributed by atoms with E-state index in [1.54, 1.807) is 6.21 Å². The highest BCUT2D eigenvalue weighted by Gasteiger charge is 2.05. The molecule has 4 heteroatoms. The molecule has 0 aliphatic carbocycles. The number of nitrogens with one attached hydrogen (secondary N) is 1. The molecule has 3 rings (SSSR count). The summed E-state index contributed by atoms with van der Waals surface area (Å²) in [5.74, 6) is -0.116. The van der Waals surface area contributed by atoms with E-state index in [0.29, 0.717) is 6.42 Å². The lowest BCUT2D eigenvalue weighted by Crippen LogP contribution is -2.19. The predicted octanol–water partition coefficient (Wildman–Crippen LogP) is 3.49. The first-order valence-corrected chi connectivity index (χ1v) is 7.96. The fraction of sp³-hybridized carbons (Fsp3) is 0.200. The van der Waals surface area contributed by atoms with Crippen LogP contribution in [-0.2, 0) is 18.3 Å². The highest BCUT2D eigenvalue weighted by molar-refractivity contribution is 5.99. The standard InChI is InChI=1S/C20H21N3O/c1-14-8-9-16(10-15(14)2)11-20(24)22-21-12-17-13-23(3)19-7-5-4-6-18(17)19/h4-10,12-13H,11H2,1-3H3,(H,22,24)/b21-12-. The minimum Gasteiger partial charge on any atom is -0.350 e. The van der Waals surface area contributed by atoms with Gasteiger partial charge in [-0.05, 0) is 36.6 Å². The SMILES string of the molecule is Cc1ccc(CC(=O)N/N=C\c2cn(C)c3ccccc23)cc1C. The van der Waals surface area contributed by atoms with Gasteiger partial charge in [-0.1, -0.05) is 36.4 Å². The number of amides is 1. The highest BCUT2D eigenvalue weighted by Crippen LogP contribution is 2.18. The van der Waals surface area contributed by atoms with Crippen molar-refractivity contribution in [3.05, 3.63) is 70.9 Å². The van der Waals surface area contributed by atoms with Crippen LogP contribution in [0.4, 0.5) is 0 Å². The largest absolute Gasteiger partial charge is 0.350 e. The quantitative estimate of drug-likeness (QED) is 0.581. The molecule has 3 aromatic rings. The molecular weight excluding hydrogens is 298 g/mol. The van der Waals surface area contributed by atoms with Crippen molar-refractivity contribution in [1.82, 2.24) is 9.99 Å². The Morgan fingerprint density at radius 3 is 2.75 bits per heavy atom. The summed E-state index contributed by atoms with van der Waals surface area (Å²) in [5.41, 5.74) is 8.15. The smallest absolute Gasteiger partial charge is 0.244 e. The molecule has 2 aromatic carbocycles. The van der Waals surface area contributed by atoms with E-state index in [1.807, 2.05) is 54.2 Å². The van der Waals surface area contributed by atoms with Crippen LogP contribution in [0.1, 0.15) is 22.3 Å². The Kier molecular flexibility index (Phi) is 4.47. The molecule has 0 saturated carbocycles. The second kappa shape index (κ2) is 6.71. The van der Waals surface area contributed by atoms with E-state index in [0.717, 1.165) is 22.0 Å². The topological polar surface area (TPSA) is 46.4 Å². The van der Waals surface area contributed by atoms with Crippen molar-refractivity contribution in [3.63, 3.8) is 0 Å². The van der Waals surface area contributed by atoms with Gasteiger partial charge in [0.2, 0.25) is 5.91 Å². The number of aryl methyl sites for hydroxylation is 3. The monoisotopic (exact) mass is 319 g/mol. The van der Waals surface area contributed by atoms with Gasteiger partial charge in [-0.2, -0.15) is 5.10 Å². The zero-order chi connectivity index (χ0) is 17.1.